The number of thiophene rings is 1. The number of carbonyl (C=O) groups is 1. The Hall–Kier alpha value is -2.82. The van der Waals surface area contributed by atoms with Crippen LogP contribution in [0.4, 0.5) is 16.4 Å². The predicted molar refractivity (Wildman–Crippen MR) is 107 cm³/mol. The van der Waals surface area contributed by atoms with Crippen LogP contribution in [0.15, 0.2) is 53.0 Å². The molecule has 1 aromatic heterocycles. The molecule has 0 aliphatic heterocycles. The lowest BCUT2D eigenvalue weighted by molar-refractivity contribution is 0.104. The van der Waals surface area contributed by atoms with E-state index in [0.717, 1.165) is 15.9 Å². The van der Waals surface area contributed by atoms with E-state index in [1.54, 1.807) is 43.5 Å². The summed E-state index contributed by atoms with van der Waals surface area (Å²) in [5.41, 5.74) is 7.83. The maximum absolute atomic E-state index is 12.8. The van der Waals surface area contributed by atoms with E-state index in [4.69, 9.17) is 10.5 Å². The standard InChI is InChI=1S/C19H14BrN3O2S/c1-25-14-8-6-13(7-9-14)23-19-15(10-21)16(22)18(26-19)17(24)11-2-4-12(20)5-3-11/h2-9,23H,22H2,1H3. The average Bonchev–Trinajstić information content (AvgIpc) is 2.97. The van der Waals surface area contributed by atoms with Crippen LogP contribution in [0.2, 0.25) is 0 Å². The molecule has 0 unspecified atom stereocenters. The quantitative estimate of drug-likeness (QED) is 0.562. The van der Waals surface area contributed by atoms with Gasteiger partial charge in [-0.3, -0.25) is 4.79 Å². The summed E-state index contributed by atoms with van der Waals surface area (Å²) < 4.78 is 6.01. The summed E-state index contributed by atoms with van der Waals surface area (Å²) in [6, 6.07) is 16.4. The number of rotatable bonds is 5. The van der Waals surface area contributed by atoms with Crippen molar-refractivity contribution in [2.24, 2.45) is 0 Å². The van der Waals surface area contributed by atoms with E-state index in [1.807, 2.05) is 12.1 Å². The van der Waals surface area contributed by atoms with Gasteiger partial charge in [-0.15, -0.1) is 11.3 Å². The molecular weight excluding hydrogens is 414 g/mol. The maximum atomic E-state index is 12.8. The van der Waals surface area contributed by atoms with Gasteiger partial charge in [0.15, 0.2) is 0 Å². The second-order valence-electron chi connectivity index (χ2n) is 5.35. The molecule has 0 atom stereocenters. The monoisotopic (exact) mass is 427 g/mol. The van der Waals surface area contributed by atoms with E-state index in [-0.39, 0.29) is 17.0 Å². The minimum Gasteiger partial charge on any atom is -0.497 e. The van der Waals surface area contributed by atoms with Gasteiger partial charge < -0.3 is 15.8 Å². The highest BCUT2D eigenvalue weighted by Gasteiger charge is 2.22. The number of carbonyl (C=O) groups excluding carboxylic acids is 1. The molecule has 0 bridgehead atoms. The number of anilines is 3. The Morgan fingerprint density at radius 2 is 1.85 bits per heavy atom. The van der Waals surface area contributed by atoms with Crippen molar-refractivity contribution in [2.45, 2.75) is 0 Å². The van der Waals surface area contributed by atoms with Gasteiger partial charge in [0.25, 0.3) is 0 Å². The highest BCUT2D eigenvalue weighted by molar-refractivity contribution is 9.10. The number of nitriles is 1. The topological polar surface area (TPSA) is 88.1 Å². The molecule has 0 saturated heterocycles. The summed E-state index contributed by atoms with van der Waals surface area (Å²) in [5.74, 6) is 0.520. The van der Waals surface area contributed by atoms with E-state index in [1.165, 1.54) is 11.3 Å². The Balaban J connectivity index is 1.94. The molecule has 5 nitrogen and oxygen atoms in total. The second-order valence-corrected chi connectivity index (χ2v) is 7.29. The lowest BCUT2D eigenvalue weighted by Gasteiger charge is -2.05. The van der Waals surface area contributed by atoms with Crippen molar-refractivity contribution >= 4 is 49.4 Å². The molecule has 2 aromatic carbocycles. The summed E-state index contributed by atoms with van der Waals surface area (Å²) >= 11 is 4.52. The zero-order valence-corrected chi connectivity index (χ0v) is 16.1. The highest BCUT2D eigenvalue weighted by Crippen LogP contribution is 2.38. The molecule has 0 saturated carbocycles. The number of nitrogens with zero attached hydrogens (tertiary/aromatic N) is 1. The molecule has 7 heteroatoms. The normalized spacial score (nSPS) is 10.2. The lowest BCUT2D eigenvalue weighted by Crippen LogP contribution is -2.02. The SMILES string of the molecule is COc1ccc(Nc2sc(C(=O)c3ccc(Br)cc3)c(N)c2C#N)cc1. The fraction of sp³-hybridized carbons (Fsp3) is 0.0526. The van der Waals surface area contributed by atoms with Crippen LogP contribution in [0, 0.1) is 11.3 Å². The highest BCUT2D eigenvalue weighted by atomic mass is 79.9. The van der Waals surface area contributed by atoms with Crippen LogP contribution in [-0.4, -0.2) is 12.9 Å². The van der Waals surface area contributed by atoms with E-state index in [0.29, 0.717) is 15.4 Å². The fourth-order valence-corrected chi connectivity index (χ4v) is 3.67. The van der Waals surface area contributed by atoms with E-state index in [2.05, 4.69) is 27.3 Å². The maximum Gasteiger partial charge on any atom is 0.205 e. The Bertz CT molecular complexity index is 989. The van der Waals surface area contributed by atoms with Gasteiger partial charge in [-0.1, -0.05) is 15.9 Å². The third kappa shape index (κ3) is 3.57. The molecule has 3 aromatic rings. The van der Waals surface area contributed by atoms with Gasteiger partial charge in [-0.05, 0) is 48.5 Å². The van der Waals surface area contributed by atoms with Crippen LogP contribution in [0.1, 0.15) is 20.8 Å². The molecule has 26 heavy (non-hydrogen) atoms. The second kappa shape index (κ2) is 7.60. The Kier molecular flexibility index (Phi) is 5.26. The molecule has 1 heterocycles. The van der Waals surface area contributed by atoms with Crippen molar-refractivity contribution in [2.75, 3.05) is 18.2 Å². The Morgan fingerprint density at radius 3 is 2.42 bits per heavy atom. The van der Waals surface area contributed by atoms with Gasteiger partial charge in [0.2, 0.25) is 5.78 Å². The summed E-state index contributed by atoms with van der Waals surface area (Å²) in [6.45, 7) is 0. The van der Waals surface area contributed by atoms with Gasteiger partial charge in [0.05, 0.1) is 12.8 Å². The van der Waals surface area contributed by atoms with Crippen LogP contribution >= 0.6 is 27.3 Å². The minimum absolute atomic E-state index is 0.196. The van der Waals surface area contributed by atoms with E-state index in [9.17, 15) is 10.1 Å². The Labute approximate surface area is 163 Å². The molecule has 0 radical (unpaired) electrons. The molecular formula is C19H14BrN3O2S. The molecule has 0 aliphatic carbocycles. The number of hydrogen-bond acceptors (Lipinski definition) is 6. The first-order valence-electron chi connectivity index (χ1n) is 7.57. The van der Waals surface area contributed by atoms with Gasteiger partial charge in [0, 0.05) is 15.7 Å². The molecule has 0 aliphatic rings. The van der Waals surface area contributed by atoms with Gasteiger partial charge in [0.1, 0.15) is 27.3 Å². The van der Waals surface area contributed by atoms with Crippen molar-refractivity contribution in [1.82, 2.24) is 0 Å². The van der Waals surface area contributed by atoms with Crippen LogP contribution in [-0.2, 0) is 0 Å². The van der Waals surface area contributed by atoms with Crippen molar-refractivity contribution in [3.05, 3.63) is 69.0 Å². The van der Waals surface area contributed by atoms with Crippen LogP contribution in [0.5, 0.6) is 5.75 Å². The van der Waals surface area contributed by atoms with Gasteiger partial charge in [-0.25, -0.2) is 0 Å². The summed E-state index contributed by atoms with van der Waals surface area (Å²) in [4.78, 5) is 13.1. The first-order valence-corrected chi connectivity index (χ1v) is 9.18. The summed E-state index contributed by atoms with van der Waals surface area (Å²) in [6.07, 6.45) is 0. The molecule has 0 spiro atoms. The smallest absolute Gasteiger partial charge is 0.205 e. The number of benzene rings is 2. The minimum atomic E-state index is -0.209. The number of ketones is 1. The number of nitrogens with two attached hydrogens (primary N) is 1. The largest absolute Gasteiger partial charge is 0.497 e. The number of nitrogens with one attached hydrogen (secondary N) is 1. The number of halogens is 1. The fourth-order valence-electron chi connectivity index (χ4n) is 2.35. The van der Waals surface area contributed by atoms with E-state index >= 15 is 0 Å². The number of nitrogen functional groups attached to an aromatic ring is 1. The van der Waals surface area contributed by atoms with Crippen molar-refractivity contribution in [3.63, 3.8) is 0 Å². The molecule has 0 amide bonds. The van der Waals surface area contributed by atoms with Crippen LogP contribution < -0.4 is 15.8 Å². The average molecular weight is 428 g/mol. The van der Waals surface area contributed by atoms with Crippen LogP contribution in [0.3, 0.4) is 0 Å². The van der Waals surface area contributed by atoms with E-state index < -0.39 is 0 Å². The zero-order chi connectivity index (χ0) is 18.7. The van der Waals surface area contributed by atoms with Crippen molar-refractivity contribution in [3.8, 4) is 11.8 Å². The Morgan fingerprint density at radius 1 is 1.19 bits per heavy atom. The first-order chi connectivity index (χ1) is 12.5. The summed E-state index contributed by atoms with van der Waals surface area (Å²) in [7, 11) is 1.59. The third-order valence-corrected chi connectivity index (χ3v) is 5.37. The summed E-state index contributed by atoms with van der Waals surface area (Å²) in [5, 5.41) is 13.2. The van der Waals surface area contributed by atoms with Crippen molar-refractivity contribution in [1.29, 1.82) is 5.26 Å². The number of hydrogen-bond donors (Lipinski definition) is 2. The predicted octanol–water partition coefficient (Wildman–Crippen LogP) is 4.95. The number of methoxy groups -OCH3 is 1. The molecule has 3 rings (SSSR count). The third-order valence-electron chi connectivity index (χ3n) is 3.72. The van der Waals surface area contributed by atoms with Gasteiger partial charge >= 0.3 is 0 Å². The van der Waals surface area contributed by atoms with Gasteiger partial charge in [-0.2, -0.15) is 5.26 Å². The molecule has 0 fully saturated rings. The first kappa shape index (κ1) is 18.0. The van der Waals surface area contributed by atoms with Crippen molar-refractivity contribution < 1.29 is 9.53 Å². The number of ether oxygens (including phenoxy) is 1. The zero-order valence-electron chi connectivity index (χ0n) is 13.7. The molecule has 130 valence electrons. The molecule has 3 N–H and O–H groups in total. The van der Waals surface area contributed by atoms with Crippen LogP contribution in [0.25, 0.3) is 0 Å². The lowest BCUT2D eigenvalue weighted by atomic mass is 10.1.